The van der Waals surface area contributed by atoms with Gasteiger partial charge in [0.2, 0.25) is 11.8 Å². The van der Waals surface area contributed by atoms with E-state index < -0.39 is 17.8 Å². The Bertz CT molecular complexity index is 991. The molecule has 0 aromatic heterocycles. The van der Waals surface area contributed by atoms with Gasteiger partial charge in [0.15, 0.2) is 0 Å². The third-order valence-electron chi connectivity index (χ3n) is 5.13. The van der Waals surface area contributed by atoms with E-state index in [-0.39, 0.29) is 31.3 Å². The topological polar surface area (TPSA) is 105 Å². The first-order chi connectivity index (χ1) is 13.4. The minimum absolute atomic E-state index is 0.206. The van der Waals surface area contributed by atoms with E-state index in [1.165, 1.54) is 11.0 Å². The molecule has 28 heavy (non-hydrogen) atoms. The second kappa shape index (κ2) is 6.95. The molecule has 0 aliphatic carbocycles. The largest absolute Gasteiger partial charge is 0.399 e. The molecule has 3 amide bonds. The number of fused-ring (bicyclic) bond motifs is 1. The normalized spacial score (nSPS) is 18.8. The fraction of sp³-hybridized carbons (Fsp3) is 0.250. The van der Waals surface area contributed by atoms with E-state index in [4.69, 9.17) is 5.73 Å². The summed E-state index contributed by atoms with van der Waals surface area (Å²) in [6.45, 7) is 0.489. The number of benzene rings is 2. The van der Waals surface area contributed by atoms with Crippen molar-refractivity contribution in [2.24, 2.45) is 0 Å². The lowest BCUT2D eigenvalue weighted by Gasteiger charge is -2.29. The summed E-state index contributed by atoms with van der Waals surface area (Å²) in [5.41, 5.74) is 8.35. The van der Waals surface area contributed by atoms with Crippen molar-refractivity contribution in [3.63, 3.8) is 0 Å². The fourth-order valence-electron chi connectivity index (χ4n) is 3.65. The minimum Gasteiger partial charge on any atom is -0.399 e. The smallest absolute Gasteiger partial charge is 0.255 e. The van der Waals surface area contributed by atoms with E-state index >= 15 is 0 Å². The van der Waals surface area contributed by atoms with Crippen molar-refractivity contribution in [1.82, 2.24) is 10.2 Å². The van der Waals surface area contributed by atoms with Gasteiger partial charge in [0, 0.05) is 47.6 Å². The fourth-order valence-corrected chi connectivity index (χ4v) is 3.65. The zero-order valence-electron chi connectivity index (χ0n) is 15.0. The van der Waals surface area contributed by atoms with Gasteiger partial charge in [0.1, 0.15) is 11.9 Å². The van der Waals surface area contributed by atoms with E-state index in [9.17, 15) is 18.8 Å². The molecular formula is C20H19FN4O3. The predicted octanol–water partition coefficient (Wildman–Crippen LogP) is 1.78. The molecule has 1 fully saturated rings. The molecule has 1 saturated heterocycles. The third-order valence-corrected chi connectivity index (χ3v) is 5.13. The lowest BCUT2D eigenvalue weighted by atomic mass is 10.0. The van der Waals surface area contributed by atoms with Crippen molar-refractivity contribution >= 4 is 29.1 Å². The van der Waals surface area contributed by atoms with Gasteiger partial charge in [0.25, 0.3) is 5.91 Å². The lowest BCUT2D eigenvalue weighted by Crippen LogP contribution is -2.52. The van der Waals surface area contributed by atoms with Gasteiger partial charge in [-0.3, -0.25) is 19.7 Å². The maximum absolute atomic E-state index is 14.0. The number of nitrogens with zero attached hydrogens (tertiary/aromatic N) is 1. The van der Waals surface area contributed by atoms with E-state index in [1.807, 2.05) is 6.07 Å². The highest BCUT2D eigenvalue weighted by Gasteiger charge is 2.39. The molecule has 0 radical (unpaired) electrons. The zero-order chi connectivity index (χ0) is 19.8. The molecule has 2 heterocycles. The van der Waals surface area contributed by atoms with Crippen molar-refractivity contribution in [1.29, 1.82) is 0 Å². The van der Waals surface area contributed by atoms with E-state index in [2.05, 4.69) is 10.6 Å². The average Bonchev–Trinajstić information content (AvgIpc) is 2.98. The van der Waals surface area contributed by atoms with Crippen LogP contribution in [0.15, 0.2) is 36.4 Å². The molecule has 0 saturated carbocycles. The van der Waals surface area contributed by atoms with Crippen LogP contribution < -0.4 is 16.4 Å². The number of imide groups is 1. The quantitative estimate of drug-likeness (QED) is 0.552. The van der Waals surface area contributed by atoms with Crippen molar-refractivity contribution < 1.29 is 18.8 Å². The summed E-state index contributed by atoms with van der Waals surface area (Å²) in [6.07, 6.45) is 0.516. The van der Waals surface area contributed by atoms with Gasteiger partial charge in [-0.05, 0) is 30.7 Å². The van der Waals surface area contributed by atoms with Crippen molar-refractivity contribution in [3.05, 3.63) is 58.9 Å². The Labute approximate surface area is 160 Å². The van der Waals surface area contributed by atoms with E-state index in [0.29, 0.717) is 28.9 Å². The predicted molar refractivity (Wildman–Crippen MR) is 101 cm³/mol. The SMILES string of the molecule is Nc1ccc(CNc2cccc3c2CN([C@@H]2CCC(=O)NC2=O)C3=O)c(F)c1. The van der Waals surface area contributed by atoms with Crippen LogP contribution in [0, 0.1) is 5.82 Å². The molecule has 0 spiro atoms. The van der Waals surface area contributed by atoms with E-state index in [1.54, 1.807) is 24.3 Å². The monoisotopic (exact) mass is 382 g/mol. The number of piperidine rings is 1. The van der Waals surface area contributed by atoms with Gasteiger partial charge in [0.05, 0.1) is 0 Å². The molecular weight excluding hydrogens is 363 g/mol. The Morgan fingerprint density at radius 2 is 2.04 bits per heavy atom. The summed E-state index contributed by atoms with van der Waals surface area (Å²) in [7, 11) is 0. The number of nitrogens with two attached hydrogens (primary N) is 1. The number of carbonyl (C=O) groups excluding carboxylic acids is 3. The summed E-state index contributed by atoms with van der Waals surface area (Å²) >= 11 is 0. The Kier molecular flexibility index (Phi) is 4.46. The highest BCUT2D eigenvalue weighted by atomic mass is 19.1. The molecule has 0 unspecified atom stereocenters. The highest BCUT2D eigenvalue weighted by Crippen LogP contribution is 2.32. The second-order valence-corrected chi connectivity index (χ2v) is 6.94. The molecule has 1 atom stereocenters. The number of nitrogens with one attached hydrogen (secondary N) is 2. The minimum atomic E-state index is -0.667. The van der Waals surface area contributed by atoms with Crippen LogP contribution in [-0.2, 0) is 22.7 Å². The summed E-state index contributed by atoms with van der Waals surface area (Å²) in [5.74, 6) is -1.41. The Hall–Kier alpha value is -3.42. The van der Waals surface area contributed by atoms with Crippen molar-refractivity contribution in [2.45, 2.75) is 32.0 Å². The molecule has 144 valence electrons. The van der Waals surface area contributed by atoms with Crippen molar-refractivity contribution in [2.75, 3.05) is 11.1 Å². The number of amides is 3. The Morgan fingerprint density at radius 3 is 2.79 bits per heavy atom. The van der Waals surface area contributed by atoms with Crippen molar-refractivity contribution in [3.8, 4) is 0 Å². The second-order valence-electron chi connectivity index (χ2n) is 6.94. The first kappa shape index (κ1) is 18.0. The number of halogens is 1. The van der Waals surface area contributed by atoms with Crippen LogP contribution in [-0.4, -0.2) is 28.7 Å². The average molecular weight is 382 g/mol. The lowest BCUT2D eigenvalue weighted by molar-refractivity contribution is -0.136. The highest BCUT2D eigenvalue weighted by molar-refractivity contribution is 6.06. The van der Waals surface area contributed by atoms with Crippen LogP contribution in [0.4, 0.5) is 15.8 Å². The maximum atomic E-state index is 14.0. The Balaban J connectivity index is 1.54. The number of hydrogen-bond acceptors (Lipinski definition) is 5. The maximum Gasteiger partial charge on any atom is 0.255 e. The molecule has 2 aliphatic heterocycles. The molecule has 7 nitrogen and oxygen atoms in total. The van der Waals surface area contributed by atoms with Gasteiger partial charge in [-0.15, -0.1) is 0 Å². The molecule has 4 rings (SSSR count). The summed E-state index contributed by atoms with van der Waals surface area (Å²) in [4.78, 5) is 37.8. The number of carbonyl (C=O) groups is 3. The van der Waals surface area contributed by atoms with Crippen LogP contribution in [0.5, 0.6) is 0 Å². The standard InChI is InChI=1S/C20H19FN4O3/c21-15-8-12(22)5-4-11(15)9-23-16-3-1-2-13-14(16)10-25(20(13)28)17-6-7-18(26)24-19(17)27/h1-5,8,17,23H,6-7,9-10,22H2,(H,24,26,27)/t17-/m1/s1. The van der Waals surface area contributed by atoms with Gasteiger partial charge < -0.3 is 16.0 Å². The van der Waals surface area contributed by atoms with Gasteiger partial charge in [-0.1, -0.05) is 12.1 Å². The molecule has 8 heteroatoms. The first-order valence-electron chi connectivity index (χ1n) is 8.98. The number of hydrogen-bond donors (Lipinski definition) is 3. The van der Waals surface area contributed by atoms with Gasteiger partial charge in [-0.25, -0.2) is 4.39 Å². The number of nitrogen functional groups attached to an aromatic ring is 1. The van der Waals surface area contributed by atoms with Crippen LogP contribution >= 0.6 is 0 Å². The molecule has 0 bridgehead atoms. The summed E-state index contributed by atoms with van der Waals surface area (Å²) in [5, 5.41) is 5.46. The van der Waals surface area contributed by atoms with E-state index in [0.717, 1.165) is 5.56 Å². The molecule has 4 N–H and O–H groups in total. The van der Waals surface area contributed by atoms with Gasteiger partial charge in [-0.2, -0.15) is 0 Å². The molecule has 2 aliphatic rings. The first-order valence-corrected chi connectivity index (χ1v) is 8.98. The third kappa shape index (κ3) is 3.17. The van der Waals surface area contributed by atoms with Crippen LogP contribution in [0.1, 0.15) is 34.3 Å². The van der Waals surface area contributed by atoms with Crippen LogP contribution in [0.2, 0.25) is 0 Å². The zero-order valence-corrected chi connectivity index (χ0v) is 15.0. The number of anilines is 2. The summed E-state index contributed by atoms with van der Waals surface area (Å²) in [6, 6.07) is 9.10. The molecule has 2 aromatic carbocycles. The molecule has 2 aromatic rings. The van der Waals surface area contributed by atoms with Crippen LogP contribution in [0.25, 0.3) is 0 Å². The van der Waals surface area contributed by atoms with Crippen LogP contribution in [0.3, 0.4) is 0 Å². The number of rotatable bonds is 4. The summed E-state index contributed by atoms with van der Waals surface area (Å²) < 4.78 is 14.0. The van der Waals surface area contributed by atoms with Gasteiger partial charge >= 0.3 is 0 Å². The Morgan fingerprint density at radius 1 is 1.21 bits per heavy atom.